The van der Waals surface area contributed by atoms with E-state index in [0.29, 0.717) is 12.0 Å². The molecular formula is C16H20FNO4. The van der Waals surface area contributed by atoms with Gasteiger partial charge in [0.15, 0.2) is 0 Å². The van der Waals surface area contributed by atoms with Crippen LogP contribution in [0.3, 0.4) is 0 Å². The zero-order chi connectivity index (χ0) is 16.5. The molecule has 1 rings (SSSR count). The van der Waals surface area contributed by atoms with Gasteiger partial charge in [0.2, 0.25) is 6.36 Å². The van der Waals surface area contributed by atoms with Gasteiger partial charge in [-0.2, -0.15) is 0 Å². The van der Waals surface area contributed by atoms with Crippen LogP contribution in [-0.4, -0.2) is 25.5 Å². The van der Waals surface area contributed by atoms with E-state index in [1.807, 2.05) is 0 Å². The summed E-state index contributed by atoms with van der Waals surface area (Å²) in [5, 5.41) is 2.45. The van der Waals surface area contributed by atoms with Crippen LogP contribution in [0.4, 0.5) is 9.18 Å². The number of nitrogens with one attached hydrogen (secondary N) is 1. The number of alkyl halides is 1. The largest absolute Gasteiger partial charge is 0.465 e. The molecule has 1 aromatic rings. The standard InChI is InChI=1S/C16H20FNO4/c1-4-6-14(17)22-16(20)18-10-12-7-5-8-13(9-12)11(2)15(19)21-3/h5,7-9,14H,2,4,6,10H2,1,3H3,(H,18,20). The Bertz CT molecular complexity index is 545. The van der Waals surface area contributed by atoms with Gasteiger partial charge in [-0.3, -0.25) is 0 Å². The maximum Gasteiger partial charge on any atom is 0.409 e. The first-order valence-electron chi connectivity index (χ1n) is 6.93. The second-order valence-corrected chi connectivity index (χ2v) is 4.63. The van der Waals surface area contributed by atoms with Crippen LogP contribution in [-0.2, 0) is 20.8 Å². The van der Waals surface area contributed by atoms with Gasteiger partial charge in [-0.25, -0.2) is 14.0 Å². The molecule has 0 aliphatic rings. The maximum atomic E-state index is 13.1. The van der Waals surface area contributed by atoms with Crippen molar-refractivity contribution >= 4 is 17.6 Å². The lowest BCUT2D eigenvalue weighted by molar-refractivity contribution is -0.133. The fourth-order valence-corrected chi connectivity index (χ4v) is 1.73. The average molecular weight is 309 g/mol. The third-order valence-corrected chi connectivity index (χ3v) is 2.89. The number of rotatable bonds is 7. The molecule has 1 aromatic carbocycles. The van der Waals surface area contributed by atoms with Gasteiger partial charge in [0, 0.05) is 13.0 Å². The Morgan fingerprint density at radius 1 is 1.41 bits per heavy atom. The molecule has 1 unspecified atom stereocenters. The van der Waals surface area contributed by atoms with Crippen LogP contribution in [0, 0.1) is 0 Å². The minimum atomic E-state index is -1.60. The van der Waals surface area contributed by atoms with Crippen molar-refractivity contribution in [2.24, 2.45) is 0 Å². The highest BCUT2D eigenvalue weighted by Crippen LogP contribution is 2.15. The number of hydrogen-bond acceptors (Lipinski definition) is 4. The zero-order valence-electron chi connectivity index (χ0n) is 12.7. The number of esters is 1. The third-order valence-electron chi connectivity index (χ3n) is 2.89. The molecule has 0 radical (unpaired) electrons. The van der Waals surface area contributed by atoms with Crippen LogP contribution in [0.25, 0.3) is 5.57 Å². The number of alkyl carbamates (subject to hydrolysis) is 1. The molecule has 0 saturated carbocycles. The van der Waals surface area contributed by atoms with E-state index < -0.39 is 18.4 Å². The van der Waals surface area contributed by atoms with Gasteiger partial charge < -0.3 is 14.8 Å². The molecule has 0 saturated heterocycles. The molecule has 0 aliphatic heterocycles. The van der Waals surface area contributed by atoms with Crippen molar-refractivity contribution in [3.63, 3.8) is 0 Å². The van der Waals surface area contributed by atoms with E-state index in [1.165, 1.54) is 7.11 Å². The van der Waals surface area contributed by atoms with Crippen LogP contribution in [0.15, 0.2) is 30.8 Å². The first-order valence-corrected chi connectivity index (χ1v) is 6.93. The summed E-state index contributed by atoms with van der Waals surface area (Å²) in [5.41, 5.74) is 1.54. The molecule has 22 heavy (non-hydrogen) atoms. The summed E-state index contributed by atoms with van der Waals surface area (Å²) in [4.78, 5) is 22.8. The highest BCUT2D eigenvalue weighted by atomic mass is 19.1. The lowest BCUT2D eigenvalue weighted by atomic mass is 10.0. The minimum Gasteiger partial charge on any atom is -0.465 e. The Morgan fingerprint density at radius 2 is 2.14 bits per heavy atom. The summed E-state index contributed by atoms with van der Waals surface area (Å²) >= 11 is 0. The highest BCUT2D eigenvalue weighted by Gasteiger charge is 2.12. The number of hydrogen-bond donors (Lipinski definition) is 1. The predicted octanol–water partition coefficient (Wildman–Crippen LogP) is 3.19. The quantitative estimate of drug-likeness (QED) is 0.620. The van der Waals surface area contributed by atoms with Crippen LogP contribution in [0.1, 0.15) is 30.9 Å². The Labute approximate surface area is 129 Å². The second kappa shape index (κ2) is 8.81. The normalized spacial score (nSPS) is 11.4. The topological polar surface area (TPSA) is 64.6 Å². The van der Waals surface area contributed by atoms with Gasteiger partial charge in [-0.15, -0.1) is 0 Å². The maximum absolute atomic E-state index is 13.1. The van der Waals surface area contributed by atoms with Crippen molar-refractivity contribution in [1.82, 2.24) is 5.32 Å². The number of carbonyl (C=O) groups excluding carboxylic acids is 2. The number of carbonyl (C=O) groups is 2. The van der Waals surface area contributed by atoms with Gasteiger partial charge in [0.25, 0.3) is 0 Å². The van der Waals surface area contributed by atoms with Gasteiger partial charge in [0.05, 0.1) is 12.7 Å². The Balaban J connectivity index is 2.58. The van der Waals surface area contributed by atoms with E-state index in [0.717, 1.165) is 5.56 Å². The molecule has 1 N–H and O–H groups in total. The van der Waals surface area contributed by atoms with Crippen LogP contribution in [0.2, 0.25) is 0 Å². The summed E-state index contributed by atoms with van der Waals surface area (Å²) in [5.74, 6) is -0.524. The summed E-state index contributed by atoms with van der Waals surface area (Å²) in [6.45, 7) is 5.61. The Hall–Kier alpha value is -2.37. The van der Waals surface area contributed by atoms with Gasteiger partial charge in [0.1, 0.15) is 0 Å². The number of ether oxygens (including phenoxy) is 2. The van der Waals surface area contributed by atoms with Crippen molar-refractivity contribution in [3.8, 4) is 0 Å². The van der Waals surface area contributed by atoms with E-state index in [9.17, 15) is 14.0 Å². The molecule has 1 amide bonds. The monoisotopic (exact) mass is 309 g/mol. The Kier molecular flexibility index (Phi) is 7.08. The first-order chi connectivity index (χ1) is 10.5. The van der Waals surface area contributed by atoms with Crippen LogP contribution < -0.4 is 5.32 Å². The first kappa shape index (κ1) is 17.7. The fourth-order valence-electron chi connectivity index (χ4n) is 1.73. The molecule has 0 heterocycles. The summed E-state index contributed by atoms with van der Waals surface area (Å²) < 4.78 is 22.3. The van der Waals surface area contributed by atoms with E-state index >= 15 is 0 Å². The molecule has 0 aromatic heterocycles. The molecule has 120 valence electrons. The highest BCUT2D eigenvalue weighted by molar-refractivity contribution is 6.15. The third kappa shape index (κ3) is 5.55. The lowest BCUT2D eigenvalue weighted by Crippen LogP contribution is -2.26. The van der Waals surface area contributed by atoms with Gasteiger partial charge in [-0.1, -0.05) is 31.7 Å². The molecule has 0 spiro atoms. The average Bonchev–Trinajstić information content (AvgIpc) is 2.52. The number of halogens is 1. The fraction of sp³-hybridized carbons (Fsp3) is 0.375. The number of benzene rings is 1. The smallest absolute Gasteiger partial charge is 0.409 e. The zero-order valence-corrected chi connectivity index (χ0v) is 12.7. The number of methoxy groups -OCH3 is 1. The van der Waals surface area contributed by atoms with E-state index in [1.54, 1.807) is 31.2 Å². The van der Waals surface area contributed by atoms with Crippen molar-refractivity contribution in [3.05, 3.63) is 42.0 Å². The lowest BCUT2D eigenvalue weighted by Gasteiger charge is -2.11. The Morgan fingerprint density at radius 3 is 2.77 bits per heavy atom. The van der Waals surface area contributed by atoms with Gasteiger partial charge in [-0.05, 0) is 23.6 Å². The van der Waals surface area contributed by atoms with E-state index in [2.05, 4.69) is 21.4 Å². The van der Waals surface area contributed by atoms with Crippen LogP contribution in [0.5, 0.6) is 0 Å². The number of amides is 1. The van der Waals surface area contributed by atoms with E-state index in [4.69, 9.17) is 0 Å². The van der Waals surface area contributed by atoms with Crippen molar-refractivity contribution < 1.29 is 23.5 Å². The summed E-state index contributed by atoms with van der Waals surface area (Å²) in [7, 11) is 1.28. The molecule has 1 atom stereocenters. The van der Waals surface area contributed by atoms with Gasteiger partial charge >= 0.3 is 12.1 Å². The van der Waals surface area contributed by atoms with Crippen molar-refractivity contribution in [2.75, 3.05) is 7.11 Å². The summed E-state index contributed by atoms with van der Waals surface area (Å²) in [6, 6.07) is 6.88. The molecule has 0 aliphatic carbocycles. The van der Waals surface area contributed by atoms with Crippen molar-refractivity contribution in [2.45, 2.75) is 32.7 Å². The molecule has 0 bridgehead atoms. The molecular weight excluding hydrogens is 289 g/mol. The van der Waals surface area contributed by atoms with Crippen LogP contribution >= 0.6 is 0 Å². The molecule has 0 fully saturated rings. The minimum absolute atomic E-state index is 0.153. The van der Waals surface area contributed by atoms with Crippen molar-refractivity contribution in [1.29, 1.82) is 0 Å². The van der Waals surface area contributed by atoms with E-state index in [-0.39, 0.29) is 18.5 Å². The summed E-state index contributed by atoms with van der Waals surface area (Å²) in [6.07, 6.45) is -1.66. The predicted molar refractivity (Wildman–Crippen MR) is 80.6 cm³/mol. The second-order valence-electron chi connectivity index (χ2n) is 4.63. The SMILES string of the molecule is C=C(C(=O)OC)c1cccc(CNC(=O)OC(F)CCC)c1. The molecule has 6 heteroatoms. The molecule has 5 nitrogen and oxygen atoms in total.